The van der Waals surface area contributed by atoms with Crippen LogP contribution in [0.25, 0.3) is 0 Å². The van der Waals surface area contributed by atoms with Gasteiger partial charge >= 0.3 is 0 Å². The van der Waals surface area contributed by atoms with E-state index in [2.05, 4.69) is 18.4 Å². The number of nitrogens with one attached hydrogen (secondary N) is 1. The molecule has 1 heterocycles. The van der Waals surface area contributed by atoms with Crippen molar-refractivity contribution < 1.29 is 4.74 Å². The van der Waals surface area contributed by atoms with Crippen LogP contribution in [0.4, 0.5) is 0 Å². The van der Waals surface area contributed by atoms with E-state index in [0.717, 1.165) is 26.2 Å². The van der Waals surface area contributed by atoms with Crippen molar-refractivity contribution in [2.75, 3.05) is 26.2 Å². The number of nitrogens with two attached hydrogens (primary N) is 1. The van der Waals surface area contributed by atoms with Crippen molar-refractivity contribution in [3.8, 4) is 0 Å². The minimum absolute atomic E-state index is 0.312. The molecule has 3 N–H and O–H groups in total. The minimum Gasteiger partial charge on any atom is -0.379 e. The Labute approximate surface area is 108 Å². The summed E-state index contributed by atoms with van der Waals surface area (Å²) in [5, 5.41) is 3.67. The van der Waals surface area contributed by atoms with Crippen LogP contribution >= 0.6 is 0 Å². The molecule has 0 radical (unpaired) electrons. The van der Waals surface area contributed by atoms with Crippen molar-refractivity contribution in [1.29, 1.82) is 0 Å². The van der Waals surface area contributed by atoms with Crippen molar-refractivity contribution >= 4 is 8.80 Å². The van der Waals surface area contributed by atoms with Crippen LogP contribution in [0, 0.1) is 0 Å². The maximum absolute atomic E-state index is 6.18. The molecule has 0 aliphatic carbocycles. The van der Waals surface area contributed by atoms with Gasteiger partial charge in [0.2, 0.25) is 0 Å². The van der Waals surface area contributed by atoms with Gasteiger partial charge in [-0.3, -0.25) is 0 Å². The fourth-order valence-electron chi connectivity index (χ4n) is 2.72. The highest BCUT2D eigenvalue weighted by atomic mass is 28.3. The van der Waals surface area contributed by atoms with Gasteiger partial charge in [0.15, 0.2) is 0 Å². The van der Waals surface area contributed by atoms with E-state index in [1.54, 1.807) is 0 Å². The maximum atomic E-state index is 6.18. The first-order valence-electron chi connectivity index (χ1n) is 7.26. The third-order valence-electron chi connectivity index (χ3n) is 3.96. The lowest BCUT2D eigenvalue weighted by molar-refractivity contribution is -0.0291. The lowest BCUT2D eigenvalue weighted by atomic mass is 10.0. The lowest BCUT2D eigenvalue weighted by Crippen LogP contribution is -2.47. The summed E-state index contributed by atoms with van der Waals surface area (Å²) in [7, 11) is -0.715. The molecule has 3 nitrogen and oxygen atoms in total. The molecule has 0 amide bonds. The largest absolute Gasteiger partial charge is 0.379 e. The fraction of sp³-hybridized carbons (Fsp3) is 1.00. The monoisotopic (exact) mass is 258 g/mol. The van der Waals surface area contributed by atoms with Crippen molar-refractivity contribution in [3.63, 3.8) is 0 Å². The molecule has 1 unspecified atom stereocenters. The zero-order valence-corrected chi connectivity index (χ0v) is 12.8. The summed E-state index contributed by atoms with van der Waals surface area (Å²) in [5.41, 5.74) is 5.44. The summed E-state index contributed by atoms with van der Waals surface area (Å²) >= 11 is 0. The molecule has 102 valence electrons. The number of unbranched alkanes of at least 4 members (excludes halogenated alkanes) is 1. The Morgan fingerprint density at radius 3 is 2.65 bits per heavy atom. The minimum atomic E-state index is -0.715. The third kappa shape index (κ3) is 5.08. The first kappa shape index (κ1) is 15.2. The van der Waals surface area contributed by atoms with Crippen LogP contribution in [0.1, 0.15) is 38.5 Å². The quantitative estimate of drug-likeness (QED) is 0.514. The van der Waals surface area contributed by atoms with Gasteiger partial charge in [-0.25, -0.2) is 0 Å². The van der Waals surface area contributed by atoms with Crippen LogP contribution in [0.3, 0.4) is 0 Å². The average molecular weight is 258 g/mol. The van der Waals surface area contributed by atoms with E-state index in [0.29, 0.717) is 5.22 Å². The van der Waals surface area contributed by atoms with Crippen LogP contribution in [0.5, 0.6) is 0 Å². The molecule has 0 spiro atoms. The van der Waals surface area contributed by atoms with E-state index < -0.39 is 8.80 Å². The van der Waals surface area contributed by atoms with Gasteiger partial charge in [-0.2, -0.15) is 0 Å². The molecule has 0 aromatic carbocycles. The second kappa shape index (κ2) is 8.24. The molecule has 1 aliphatic heterocycles. The molecule has 0 bridgehead atoms. The van der Waals surface area contributed by atoms with Crippen LogP contribution in [-0.4, -0.2) is 40.3 Å². The maximum Gasteiger partial charge on any atom is 0.0695 e. The van der Waals surface area contributed by atoms with E-state index in [1.807, 2.05) is 0 Å². The van der Waals surface area contributed by atoms with Gasteiger partial charge in [0.25, 0.3) is 0 Å². The SMILES string of the molecule is C[SiH](C)C1(CCCCNCCN)CCCCO1. The van der Waals surface area contributed by atoms with Gasteiger partial charge in [0, 0.05) is 19.7 Å². The molecular weight excluding hydrogens is 228 g/mol. The number of rotatable bonds is 8. The smallest absolute Gasteiger partial charge is 0.0695 e. The van der Waals surface area contributed by atoms with Crippen molar-refractivity contribution in [2.24, 2.45) is 5.73 Å². The number of hydrogen-bond acceptors (Lipinski definition) is 3. The van der Waals surface area contributed by atoms with Crippen LogP contribution in [0.15, 0.2) is 0 Å². The van der Waals surface area contributed by atoms with Gasteiger partial charge in [0.05, 0.1) is 14.0 Å². The standard InChI is InChI=1S/C13H30N2OSi/c1-17(2)13(8-4-6-12-16-13)7-3-5-10-15-11-9-14/h15,17H,3-12,14H2,1-2H3. The average Bonchev–Trinajstić information content (AvgIpc) is 2.34. The van der Waals surface area contributed by atoms with Gasteiger partial charge < -0.3 is 15.8 Å². The van der Waals surface area contributed by atoms with Crippen LogP contribution in [0.2, 0.25) is 13.1 Å². The number of hydrogen-bond donors (Lipinski definition) is 2. The van der Waals surface area contributed by atoms with Crippen molar-refractivity contribution in [2.45, 2.75) is 56.8 Å². The Kier molecular flexibility index (Phi) is 7.35. The molecule has 1 fully saturated rings. The second-order valence-corrected chi connectivity index (χ2v) is 8.88. The van der Waals surface area contributed by atoms with E-state index in [4.69, 9.17) is 10.5 Å². The Bertz CT molecular complexity index is 194. The Balaban J connectivity index is 2.20. The normalized spacial score (nSPS) is 25.4. The summed E-state index contributed by atoms with van der Waals surface area (Å²) in [5.74, 6) is 0. The highest BCUT2D eigenvalue weighted by Gasteiger charge is 2.36. The number of ether oxygens (including phenoxy) is 1. The van der Waals surface area contributed by atoms with E-state index in [-0.39, 0.29) is 0 Å². The molecule has 17 heavy (non-hydrogen) atoms. The zero-order chi connectivity index (χ0) is 12.6. The van der Waals surface area contributed by atoms with Crippen LogP contribution < -0.4 is 11.1 Å². The Morgan fingerprint density at radius 2 is 2.06 bits per heavy atom. The summed E-state index contributed by atoms with van der Waals surface area (Å²) in [6.07, 6.45) is 7.78. The topological polar surface area (TPSA) is 47.3 Å². The van der Waals surface area contributed by atoms with Crippen molar-refractivity contribution in [3.05, 3.63) is 0 Å². The highest BCUT2D eigenvalue weighted by molar-refractivity contribution is 6.59. The van der Waals surface area contributed by atoms with E-state index in [9.17, 15) is 0 Å². The first-order valence-corrected chi connectivity index (χ1v) is 10.1. The predicted molar refractivity (Wildman–Crippen MR) is 77.2 cm³/mol. The van der Waals surface area contributed by atoms with Gasteiger partial charge in [-0.1, -0.05) is 13.1 Å². The van der Waals surface area contributed by atoms with E-state index in [1.165, 1.54) is 38.5 Å². The molecule has 0 aromatic rings. The van der Waals surface area contributed by atoms with Gasteiger partial charge in [-0.05, 0) is 45.1 Å². The molecule has 1 saturated heterocycles. The first-order chi connectivity index (χ1) is 8.21. The molecule has 0 aromatic heterocycles. The molecular formula is C13H30N2OSi. The molecule has 4 heteroatoms. The highest BCUT2D eigenvalue weighted by Crippen LogP contribution is 2.32. The predicted octanol–water partition coefficient (Wildman–Crippen LogP) is 1.67. The van der Waals surface area contributed by atoms with E-state index >= 15 is 0 Å². The Morgan fingerprint density at radius 1 is 1.24 bits per heavy atom. The molecule has 1 aliphatic rings. The lowest BCUT2D eigenvalue weighted by Gasteiger charge is -2.40. The Hall–Kier alpha value is 0.0969. The zero-order valence-electron chi connectivity index (χ0n) is 11.6. The van der Waals surface area contributed by atoms with Crippen LogP contribution in [-0.2, 0) is 4.74 Å². The molecule has 1 rings (SSSR count). The second-order valence-electron chi connectivity index (χ2n) is 5.52. The summed E-state index contributed by atoms with van der Waals surface area (Å²) in [6, 6.07) is 0. The fourth-order valence-corrected chi connectivity index (χ4v) is 4.73. The summed E-state index contributed by atoms with van der Waals surface area (Å²) in [4.78, 5) is 0. The summed E-state index contributed by atoms with van der Waals surface area (Å²) in [6.45, 7) is 8.67. The molecule has 0 saturated carbocycles. The molecule has 1 atom stereocenters. The third-order valence-corrected chi connectivity index (χ3v) is 6.81. The van der Waals surface area contributed by atoms with Gasteiger partial charge in [-0.15, -0.1) is 0 Å². The van der Waals surface area contributed by atoms with Gasteiger partial charge in [0.1, 0.15) is 0 Å². The summed E-state index contributed by atoms with van der Waals surface area (Å²) < 4.78 is 6.18. The van der Waals surface area contributed by atoms with Crippen molar-refractivity contribution in [1.82, 2.24) is 5.32 Å².